The summed E-state index contributed by atoms with van der Waals surface area (Å²) in [5.41, 5.74) is 0. The van der Waals surface area contributed by atoms with Crippen LogP contribution in [-0.2, 0) is 23.1 Å². The number of hydrogen-bond acceptors (Lipinski definition) is 5. The molecule has 16 heavy (non-hydrogen) atoms. The number of carboxylic acids is 1. The molecule has 0 aliphatic carbocycles. The average molecular weight is 226 g/mol. The minimum absolute atomic E-state index is 0.391. The van der Waals surface area contributed by atoms with Gasteiger partial charge in [0.25, 0.3) is 0 Å². The molecule has 7 heteroatoms. The lowest BCUT2D eigenvalue weighted by Crippen LogP contribution is -2.45. The van der Waals surface area contributed by atoms with Crippen LogP contribution in [0.5, 0.6) is 0 Å². The molecular formula is C9H14N4O3. The van der Waals surface area contributed by atoms with Crippen LogP contribution >= 0.6 is 0 Å². The molecule has 0 saturated carbocycles. The Labute approximate surface area is 92.6 Å². The first kappa shape index (κ1) is 11.0. The number of nitrogens with zero attached hydrogens (tertiary/aromatic N) is 4. The Morgan fingerprint density at radius 3 is 3.19 bits per heavy atom. The van der Waals surface area contributed by atoms with Crippen LogP contribution in [0, 0.1) is 0 Å². The highest BCUT2D eigenvalue weighted by Crippen LogP contribution is 2.08. The second kappa shape index (κ2) is 4.58. The summed E-state index contributed by atoms with van der Waals surface area (Å²) in [6.45, 7) is 2.15. The van der Waals surface area contributed by atoms with E-state index in [4.69, 9.17) is 9.84 Å². The molecular weight excluding hydrogens is 212 g/mol. The zero-order chi connectivity index (χ0) is 11.5. The molecule has 1 unspecified atom stereocenters. The van der Waals surface area contributed by atoms with Gasteiger partial charge < -0.3 is 14.4 Å². The Hall–Kier alpha value is -1.47. The topological polar surface area (TPSA) is 80.5 Å². The van der Waals surface area contributed by atoms with Crippen molar-refractivity contribution in [3.63, 3.8) is 0 Å². The van der Waals surface area contributed by atoms with Crippen LogP contribution in [0.25, 0.3) is 0 Å². The minimum atomic E-state index is -0.914. The lowest BCUT2D eigenvalue weighted by Gasteiger charge is -2.30. The van der Waals surface area contributed by atoms with Gasteiger partial charge in [-0.15, -0.1) is 10.2 Å². The number of ether oxygens (including phenoxy) is 1. The van der Waals surface area contributed by atoms with Gasteiger partial charge in [0, 0.05) is 20.1 Å². The first-order valence-electron chi connectivity index (χ1n) is 5.06. The van der Waals surface area contributed by atoms with E-state index in [2.05, 4.69) is 10.2 Å². The van der Waals surface area contributed by atoms with Gasteiger partial charge in [-0.1, -0.05) is 0 Å². The summed E-state index contributed by atoms with van der Waals surface area (Å²) in [6.07, 6.45) is 0.895. The summed E-state index contributed by atoms with van der Waals surface area (Å²) >= 11 is 0. The highest BCUT2D eigenvalue weighted by atomic mass is 16.5. The van der Waals surface area contributed by atoms with Crippen molar-refractivity contribution in [3.05, 3.63) is 12.2 Å². The number of hydrogen-bond donors (Lipinski definition) is 1. The molecule has 1 aliphatic rings. The Bertz CT molecular complexity index is 379. The smallest absolute Gasteiger partial charge is 0.334 e. The van der Waals surface area contributed by atoms with Gasteiger partial charge in [-0.25, -0.2) is 4.79 Å². The fourth-order valence-corrected chi connectivity index (χ4v) is 1.65. The highest BCUT2D eigenvalue weighted by molar-refractivity contribution is 5.72. The number of aryl methyl sites for hydroxylation is 1. The average Bonchev–Trinajstić information content (AvgIpc) is 2.65. The molecule has 1 fully saturated rings. The third kappa shape index (κ3) is 2.37. The molecule has 88 valence electrons. The van der Waals surface area contributed by atoms with Gasteiger partial charge in [0.2, 0.25) is 0 Å². The SMILES string of the molecule is Cn1cnnc1CN1CCOC(C(=O)O)C1. The van der Waals surface area contributed by atoms with Crippen LogP contribution in [-0.4, -0.2) is 56.5 Å². The summed E-state index contributed by atoms with van der Waals surface area (Å²) in [5, 5.41) is 16.6. The molecule has 1 atom stereocenters. The third-order valence-electron chi connectivity index (χ3n) is 2.60. The van der Waals surface area contributed by atoms with Crippen molar-refractivity contribution in [2.45, 2.75) is 12.6 Å². The first-order valence-corrected chi connectivity index (χ1v) is 5.06. The fraction of sp³-hybridized carbons (Fsp3) is 0.667. The maximum atomic E-state index is 10.8. The summed E-state index contributed by atoms with van der Waals surface area (Å²) < 4.78 is 6.96. The van der Waals surface area contributed by atoms with Crippen LogP contribution in [0.4, 0.5) is 0 Å². The second-order valence-electron chi connectivity index (χ2n) is 3.79. The quantitative estimate of drug-likeness (QED) is 0.719. The molecule has 1 aromatic heterocycles. The fourth-order valence-electron chi connectivity index (χ4n) is 1.65. The molecule has 0 radical (unpaired) electrons. The van der Waals surface area contributed by atoms with Crippen LogP contribution in [0.3, 0.4) is 0 Å². The number of rotatable bonds is 3. The summed E-state index contributed by atoms with van der Waals surface area (Å²) in [4.78, 5) is 12.8. The van der Waals surface area contributed by atoms with E-state index >= 15 is 0 Å². The minimum Gasteiger partial charge on any atom is -0.479 e. The van der Waals surface area contributed by atoms with E-state index in [9.17, 15) is 4.79 Å². The molecule has 0 spiro atoms. The van der Waals surface area contributed by atoms with Crippen LogP contribution < -0.4 is 0 Å². The van der Waals surface area contributed by atoms with Crippen molar-refractivity contribution >= 4 is 5.97 Å². The van der Waals surface area contributed by atoms with E-state index in [0.717, 1.165) is 12.4 Å². The van der Waals surface area contributed by atoms with E-state index in [0.29, 0.717) is 19.7 Å². The monoisotopic (exact) mass is 226 g/mol. The predicted octanol–water partition coefficient (Wildman–Crippen LogP) is -0.899. The van der Waals surface area contributed by atoms with Crippen molar-refractivity contribution in [3.8, 4) is 0 Å². The number of aliphatic carboxylic acids is 1. The van der Waals surface area contributed by atoms with E-state index in [1.807, 2.05) is 16.5 Å². The van der Waals surface area contributed by atoms with Gasteiger partial charge in [0.1, 0.15) is 12.2 Å². The number of morpholine rings is 1. The molecule has 0 bridgehead atoms. The highest BCUT2D eigenvalue weighted by Gasteiger charge is 2.26. The van der Waals surface area contributed by atoms with Gasteiger partial charge in [0.15, 0.2) is 6.10 Å². The second-order valence-corrected chi connectivity index (χ2v) is 3.79. The molecule has 2 rings (SSSR count). The first-order chi connectivity index (χ1) is 7.66. The summed E-state index contributed by atoms with van der Waals surface area (Å²) in [7, 11) is 1.87. The van der Waals surface area contributed by atoms with Crippen molar-refractivity contribution in [2.75, 3.05) is 19.7 Å². The zero-order valence-electron chi connectivity index (χ0n) is 9.04. The standard InChI is InChI=1S/C9H14N4O3/c1-12-6-10-11-8(12)5-13-2-3-16-7(4-13)9(14)15/h6-7H,2-5H2,1H3,(H,14,15). The molecule has 1 N–H and O–H groups in total. The number of carbonyl (C=O) groups is 1. The molecule has 2 heterocycles. The number of aromatic nitrogens is 3. The van der Waals surface area contributed by atoms with E-state index in [1.54, 1.807) is 6.33 Å². The Balaban J connectivity index is 1.95. The molecule has 0 amide bonds. The van der Waals surface area contributed by atoms with Crippen LogP contribution in [0.15, 0.2) is 6.33 Å². The van der Waals surface area contributed by atoms with E-state index in [-0.39, 0.29) is 0 Å². The van der Waals surface area contributed by atoms with Gasteiger partial charge in [-0.05, 0) is 0 Å². The lowest BCUT2D eigenvalue weighted by molar-refractivity contribution is -0.156. The maximum absolute atomic E-state index is 10.8. The van der Waals surface area contributed by atoms with Crippen molar-refractivity contribution in [1.29, 1.82) is 0 Å². The zero-order valence-corrected chi connectivity index (χ0v) is 9.04. The van der Waals surface area contributed by atoms with Gasteiger partial charge in [-0.2, -0.15) is 0 Å². The van der Waals surface area contributed by atoms with E-state index < -0.39 is 12.1 Å². The van der Waals surface area contributed by atoms with Crippen molar-refractivity contribution < 1.29 is 14.6 Å². The van der Waals surface area contributed by atoms with Crippen LogP contribution in [0.1, 0.15) is 5.82 Å². The van der Waals surface area contributed by atoms with Gasteiger partial charge in [0.05, 0.1) is 13.2 Å². The molecule has 7 nitrogen and oxygen atoms in total. The Morgan fingerprint density at radius 2 is 2.56 bits per heavy atom. The predicted molar refractivity (Wildman–Crippen MR) is 53.7 cm³/mol. The molecule has 0 aromatic carbocycles. The van der Waals surface area contributed by atoms with Crippen molar-refractivity contribution in [1.82, 2.24) is 19.7 Å². The van der Waals surface area contributed by atoms with Gasteiger partial charge in [-0.3, -0.25) is 4.90 Å². The summed E-state index contributed by atoms with van der Waals surface area (Å²) in [6, 6.07) is 0. The largest absolute Gasteiger partial charge is 0.479 e. The molecule has 1 saturated heterocycles. The third-order valence-corrected chi connectivity index (χ3v) is 2.60. The Morgan fingerprint density at radius 1 is 1.75 bits per heavy atom. The molecule has 1 aromatic rings. The van der Waals surface area contributed by atoms with Crippen LogP contribution in [0.2, 0.25) is 0 Å². The normalized spacial score (nSPS) is 22.2. The lowest BCUT2D eigenvalue weighted by atomic mass is 10.2. The van der Waals surface area contributed by atoms with E-state index in [1.165, 1.54) is 0 Å². The molecule has 1 aliphatic heterocycles. The Kier molecular flexibility index (Phi) is 3.16. The van der Waals surface area contributed by atoms with Gasteiger partial charge >= 0.3 is 5.97 Å². The number of carboxylic acid groups (broad SMARTS) is 1. The summed E-state index contributed by atoms with van der Waals surface area (Å²) in [5.74, 6) is -0.0892. The van der Waals surface area contributed by atoms with Crippen molar-refractivity contribution in [2.24, 2.45) is 7.05 Å². The maximum Gasteiger partial charge on any atom is 0.334 e.